The maximum absolute atomic E-state index is 13.1. The highest BCUT2D eigenvalue weighted by Gasteiger charge is 2.38. The Bertz CT molecular complexity index is 1040. The summed E-state index contributed by atoms with van der Waals surface area (Å²) in [7, 11) is -0.496. The Morgan fingerprint density at radius 2 is 1.91 bits per heavy atom. The van der Waals surface area contributed by atoms with E-state index in [1.165, 1.54) is 7.11 Å². The van der Waals surface area contributed by atoms with Crippen LogP contribution < -0.4 is 10.2 Å². The third kappa shape index (κ3) is 5.43. The van der Waals surface area contributed by atoms with E-state index in [0.717, 1.165) is 0 Å². The van der Waals surface area contributed by atoms with Gasteiger partial charge in [0.25, 0.3) is 0 Å². The third-order valence-corrected chi connectivity index (χ3v) is 11.2. The highest BCUT2D eigenvalue weighted by Crippen LogP contribution is 2.38. The summed E-state index contributed by atoms with van der Waals surface area (Å²) < 4.78 is 19.5. The summed E-state index contributed by atoms with van der Waals surface area (Å²) in [4.78, 5) is 30.3. The number of carbonyl (C=O) groups is 1. The van der Waals surface area contributed by atoms with Gasteiger partial charge in [-0.05, 0) is 53.0 Å². The Hall–Kier alpha value is -1.71. The lowest BCUT2D eigenvalue weighted by Crippen LogP contribution is -2.42. The molecule has 32 heavy (non-hydrogen) atoms. The minimum absolute atomic E-state index is 0.0174. The Morgan fingerprint density at radius 3 is 2.41 bits per heavy atom. The van der Waals surface area contributed by atoms with Crippen LogP contribution in [0.4, 0.5) is 0 Å². The van der Waals surface area contributed by atoms with E-state index in [2.05, 4.69) is 68.6 Å². The van der Waals surface area contributed by atoms with Crippen molar-refractivity contribution in [2.45, 2.75) is 65.7 Å². The molecule has 0 saturated heterocycles. The molecule has 1 atom stereocenters. The first-order valence-electron chi connectivity index (χ1n) is 10.9. The lowest BCUT2D eigenvalue weighted by Gasteiger charge is -2.38. The smallest absolute Gasteiger partial charge is 0.343 e. The predicted molar refractivity (Wildman–Crippen MR) is 133 cm³/mol. The van der Waals surface area contributed by atoms with E-state index in [4.69, 9.17) is 13.9 Å². The molecule has 178 valence electrons. The number of nitrogens with zero attached hydrogens (tertiary/aromatic N) is 2. The maximum atomic E-state index is 13.1. The largest absolute Gasteiger partial charge is 0.480 e. The number of fused-ring (bicyclic) bond motifs is 1. The van der Waals surface area contributed by atoms with Gasteiger partial charge in [0.1, 0.15) is 11.2 Å². The van der Waals surface area contributed by atoms with Gasteiger partial charge in [-0.2, -0.15) is 4.98 Å². The highest BCUT2D eigenvalue weighted by atomic mass is 79.9. The molecule has 2 aromatic heterocycles. The lowest BCUT2D eigenvalue weighted by molar-refractivity contribution is 0.0523. The average molecular weight is 528 g/mol. The molecule has 0 saturated carbocycles. The van der Waals surface area contributed by atoms with E-state index in [0.29, 0.717) is 28.0 Å². The first kappa shape index (κ1) is 26.5. The summed E-state index contributed by atoms with van der Waals surface area (Å²) in [5.41, 5.74) is 0.00944. The molecule has 7 nitrogen and oxygen atoms in total. The predicted octanol–water partition coefficient (Wildman–Crippen LogP) is 5.56. The van der Waals surface area contributed by atoms with Crippen LogP contribution >= 0.6 is 15.9 Å². The molecule has 9 heteroatoms. The number of hydrogen-bond donors (Lipinski definition) is 0. The zero-order valence-electron chi connectivity index (χ0n) is 20.5. The third-order valence-electron chi connectivity index (χ3n) is 6.16. The highest BCUT2D eigenvalue weighted by molar-refractivity contribution is 9.10. The van der Waals surface area contributed by atoms with E-state index in [-0.39, 0.29) is 29.2 Å². The number of aromatic nitrogens is 2. The molecule has 2 heterocycles. The van der Waals surface area contributed by atoms with Crippen molar-refractivity contribution >= 4 is 41.3 Å². The average Bonchev–Trinajstić information content (AvgIpc) is 2.68. The number of hydrogen-bond acceptors (Lipinski definition) is 6. The fourth-order valence-electron chi connectivity index (χ4n) is 3.09. The zero-order chi connectivity index (χ0) is 24.4. The molecule has 0 amide bonds. The molecule has 0 bridgehead atoms. The number of methoxy groups -OCH3 is 1. The normalized spacial score (nSPS) is 13.5. The van der Waals surface area contributed by atoms with Crippen molar-refractivity contribution in [3.05, 3.63) is 32.5 Å². The Balaban J connectivity index is 2.74. The molecular weight excluding hydrogens is 492 g/mol. The zero-order valence-corrected chi connectivity index (χ0v) is 23.1. The van der Waals surface area contributed by atoms with Gasteiger partial charge in [-0.15, -0.1) is 0 Å². The summed E-state index contributed by atoms with van der Waals surface area (Å²) >= 11 is 3.40. The van der Waals surface area contributed by atoms with Gasteiger partial charge in [0.2, 0.25) is 11.3 Å². The monoisotopic (exact) mass is 526 g/mol. The van der Waals surface area contributed by atoms with Crippen molar-refractivity contribution in [3.63, 3.8) is 0 Å². The van der Waals surface area contributed by atoms with Gasteiger partial charge in [0, 0.05) is 6.20 Å². The molecule has 0 radical (unpaired) electrons. The van der Waals surface area contributed by atoms with Crippen molar-refractivity contribution in [2.75, 3.05) is 20.3 Å². The van der Waals surface area contributed by atoms with Crippen LogP contribution in [0.15, 0.2) is 21.5 Å². The number of halogens is 1. The summed E-state index contributed by atoms with van der Waals surface area (Å²) in [5, 5.41) is 0.379. The molecule has 0 unspecified atom stereocenters. The Kier molecular flexibility index (Phi) is 8.34. The van der Waals surface area contributed by atoms with Gasteiger partial charge >= 0.3 is 5.97 Å². The first-order valence-corrected chi connectivity index (χ1v) is 14.6. The minimum atomic E-state index is -2.02. The van der Waals surface area contributed by atoms with Gasteiger partial charge in [0.05, 0.1) is 36.2 Å². The lowest BCUT2D eigenvalue weighted by atomic mass is 10.0. The molecule has 0 aromatic carbocycles. The van der Waals surface area contributed by atoms with Crippen LogP contribution in [0.2, 0.25) is 18.1 Å². The molecule has 0 fully saturated rings. The molecule has 0 spiro atoms. The van der Waals surface area contributed by atoms with Gasteiger partial charge in [-0.1, -0.05) is 34.6 Å². The number of pyridine rings is 2. The fraction of sp³-hybridized carbons (Fsp3) is 0.609. The first-order chi connectivity index (χ1) is 14.7. The summed E-state index contributed by atoms with van der Waals surface area (Å²) in [6.07, 6.45) is 1.56. The molecule has 0 aliphatic heterocycles. The van der Waals surface area contributed by atoms with Gasteiger partial charge in [-0.3, -0.25) is 4.79 Å². The second-order valence-corrected chi connectivity index (χ2v) is 15.4. The van der Waals surface area contributed by atoms with Crippen molar-refractivity contribution < 1.29 is 18.7 Å². The maximum Gasteiger partial charge on any atom is 0.343 e. The van der Waals surface area contributed by atoms with Crippen molar-refractivity contribution in [2.24, 2.45) is 5.92 Å². The summed E-state index contributed by atoms with van der Waals surface area (Å²) in [6.45, 7) is 17.5. The quantitative estimate of drug-likeness (QED) is 0.330. The minimum Gasteiger partial charge on any atom is -0.480 e. The molecule has 2 rings (SSSR count). The van der Waals surface area contributed by atoms with Crippen LogP contribution in [-0.2, 0) is 9.16 Å². The van der Waals surface area contributed by atoms with E-state index in [1.807, 2.05) is 4.57 Å². The standard InChI is InChI=1S/C23H35BrN2O5Si/c1-10-30-22(28)16-12-26(18(14(2)3)13-31-32(8,9)23(4,5)6)20-15(19(16)27)11-17(24)21(25-20)29-7/h11-12,14,18H,10,13H2,1-9H3/t18-/m1/s1. The van der Waals surface area contributed by atoms with E-state index in [9.17, 15) is 9.59 Å². The van der Waals surface area contributed by atoms with Gasteiger partial charge < -0.3 is 18.5 Å². The van der Waals surface area contributed by atoms with Crippen LogP contribution in [0, 0.1) is 5.92 Å². The van der Waals surface area contributed by atoms with E-state index in [1.54, 1.807) is 19.2 Å². The van der Waals surface area contributed by atoms with Crippen molar-refractivity contribution in [1.82, 2.24) is 9.55 Å². The summed E-state index contributed by atoms with van der Waals surface area (Å²) in [5.74, 6) is -0.132. The second kappa shape index (κ2) is 10.1. The van der Waals surface area contributed by atoms with Crippen LogP contribution in [0.25, 0.3) is 11.0 Å². The number of esters is 1. The number of ether oxygens (including phenoxy) is 2. The SMILES string of the molecule is CCOC(=O)c1cn([C@H](CO[Si](C)(C)C(C)(C)C)C(C)C)c2nc(OC)c(Br)cc2c1=O. The van der Waals surface area contributed by atoms with Crippen molar-refractivity contribution in [1.29, 1.82) is 0 Å². The summed E-state index contributed by atoms with van der Waals surface area (Å²) in [6, 6.07) is 1.49. The van der Waals surface area contributed by atoms with Crippen LogP contribution in [-0.4, -0.2) is 44.2 Å². The number of carbonyl (C=O) groups excluding carboxylic acids is 1. The fourth-order valence-corrected chi connectivity index (χ4v) is 4.58. The van der Waals surface area contributed by atoms with Crippen molar-refractivity contribution in [3.8, 4) is 5.88 Å². The molecule has 0 aliphatic rings. The Labute approximate surface area is 199 Å². The van der Waals surface area contributed by atoms with Crippen LogP contribution in [0.3, 0.4) is 0 Å². The molecule has 0 aliphatic carbocycles. The van der Waals surface area contributed by atoms with Gasteiger partial charge in [0.15, 0.2) is 8.32 Å². The second-order valence-electron chi connectivity index (χ2n) is 9.73. The van der Waals surface area contributed by atoms with Crippen LogP contribution in [0.1, 0.15) is 57.9 Å². The van der Waals surface area contributed by atoms with E-state index >= 15 is 0 Å². The Morgan fingerprint density at radius 1 is 1.28 bits per heavy atom. The molecule has 2 aromatic rings. The van der Waals surface area contributed by atoms with Crippen LogP contribution in [0.5, 0.6) is 5.88 Å². The van der Waals surface area contributed by atoms with Gasteiger partial charge in [-0.25, -0.2) is 4.79 Å². The number of rotatable bonds is 8. The van der Waals surface area contributed by atoms with E-state index < -0.39 is 19.7 Å². The molecular formula is C23H35BrN2O5Si. The topological polar surface area (TPSA) is 79.7 Å². The molecule has 0 N–H and O–H groups in total.